The first-order valence-electron chi connectivity index (χ1n) is 10.4. The van der Waals surface area contributed by atoms with E-state index >= 15 is 0 Å². The number of nitrogens with one attached hydrogen (secondary N) is 3. The number of amides is 2. The molecule has 158 valence electrons. The average molecular weight is 426 g/mol. The van der Waals surface area contributed by atoms with Crippen molar-refractivity contribution < 1.29 is 14.3 Å². The fourth-order valence-electron chi connectivity index (χ4n) is 3.93. The first kappa shape index (κ1) is 20.8. The predicted octanol–water partition coefficient (Wildman–Crippen LogP) is 4.10. The maximum Gasteiger partial charge on any atom is 0.237 e. The average Bonchev–Trinajstić information content (AvgIpc) is 2.76. The van der Waals surface area contributed by atoms with Gasteiger partial charge in [0.05, 0.1) is 11.2 Å². The molecular formula is C23H27N3O3S. The number of thioether (sulfide) groups is 1. The number of hydrogen-bond donors (Lipinski definition) is 3. The third-order valence-electron chi connectivity index (χ3n) is 5.55. The monoisotopic (exact) mass is 425 g/mol. The molecule has 4 atom stereocenters. The van der Waals surface area contributed by atoms with E-state index in [-0.39, 0.29) is 34.5 Å². The van der Waals surface area contributed by atoms with Crippen molar-refractivity contribution in [3.05, 3.63) is 54.6 Å². The van der Waals surface area contributed by atoms with Crippen LogP contribution in [0.2, 0.25) is 0 Å². The van der Waals surface area contributed by atoms with Crippen LogP contribution in [0.5, 0.6) is 11.5 Å². The zero-order valence-electron chi connectivity index (χ0n) is 17.0. The highest BCUT2D eigenvalue weighted by molar-refractivity contribution is 8.01. The number of carbonyl (C=O) groups is 2. The second kappa shape index (κ2) is 9.53. The Labute approximate surface area is 181 Å². The molecular weight excluding hydrogens is 398 g/mol. The van der Waals surface area contributed by atoms with Gasteiger partial charge in [0.1, 0.15) is 17.0 Å². The van der Waals surface area contributed by atoms with E-state index in [0.717, 1.165) is 31.4 Å². The lowest BCUT2D eigenvalue weighted by Crippen LogP contribution is -2.61. The molecule has 6 nitrogen and oxygen atoms in total. The van der Waals surface area contributed by atoms with Gasteiger partial charge in [0.25, 0.3) is 0 Å². The molecule has 2 aromatic rings. The van der Waals surface area contributed by atoms with E-state index in [0.29, 0.717) is 11.4 Å². The Morgan fingerprint density at radius 3 is 2.53 bits per heavy atom. The van der Waals surface area contributed by atoms with Crippen LogP contribution in [-0.2, 0) is 9.59 Å². The van der Waals surface area contributed by atoms with E-state index < -0.39 is 0 Å². The number of hydrogen-bond acceptors (Lipinski definition) is 5. The second-order valence-electron chi connectivity index (χ2n) is 7.76. The number of rotatable bonds is 6. The normalized spacial score (nSPS) is 24.3. The fourth-order valence-corrected chi connectivity index (χ4v) is 4.96. The zero-order chi connectivity index (χ0) is 20.9. The number of para-hydroxylation sites is 1. The molecule has 4 unspecified atom stereocenters. The van der Waals surface area contributed by atoms with Gasteiger partial charge >= 0.3 is 0 Å². The lowest BCUT2D eigenvalue weighted by atomic mass is 9.83. The van der Waals surface area contributed by atoms with Gasteiger partial charge in [0, 0.05) is 11.7 Å². The van der Waals surface area contributed by atoms with E-state index in [1.165, 1.54) is 11.8 Å². The Morgan fingerprint density at radius 1 is 1.07 bits per heavy atom. The molecule has 3 N–H and O–H groups in total. The summed E-state index contributed by atoms with van der Waals surface area (Å²) in [6.07, 6.45) is 4.23. The van der Waals surface area contributed by atoms with Gasteiger partial charge in [-0.1, -0.05) is 31.0 Å². The summed E-state index contributed by atoms with van der Waals surface area (Å²) in [5.74, 6) is 1.55. The van der Waals surface area contributed by atoms with Crippen molar-refractivity contribution in [2.45, 2.75) is 49.4 Å². The van der Waals surface area contributed by atoms with Gasteiger partial charge in [-0.2, -0.15) is 0 Å². The molecule has 2 fully saturated rings. The van der Waals surface area contributed by atoms with E-state index in [4.69, 9.17) is 4.74 Å². The minimum absolute atomic E-state index is 0.0661. The molecule has 0 spiro atoms. The van der Waals surface area contributed by atoms with Crippen LogP contribution in [0.3, 0.4) is 0 Å². The van der Waals surface area contributed by atoms with Crippen LogP contribution < -0.4 is 20.7 Å². The summed E-state index contributed by atoms with van der Waals surface area (Å²) in [4.78, 5) is 25.0. The maximum absolute atomic E-state index is 12.6. The van der Waals surface area contributed by atoms with E-state index in [1.807, 2.05) is 61.5 Å². The van der Waals surface area contributed by atoms with Crippen molar-refractivity contribution in [1.29, 1.82) is 0 Å². The predicted molar refractivity (Wildman–Crippen MR) is 119 cm³/mol. The Bertz CT molecular complexity index is 875. The molecule has 0 bridgehead atoms. The SMILES string of the molecule is CC(SC1NC(=O)C2CCCCC2N1)C(=O)Nc1ccc(Oc2ccccc2)cc1. The number of carbonyl (C=O) groups excluding carboxylic acids is 2. The van der Waals surface area contributed by atoms with E-state index in [1.54, 1.807) is 0 Å². The molecule has 0 radical (unpaired) electrons. The first-order valence-corrected chi connectivity index (χ1v) is 11.4. The van der Waals surface area contributed by atoms with Crippen LogP contribution in [0.4, 0.5) is 5.69 Å². The minimum Gasteiger partial charge on any atom is -0.457 e. The Kier molecular flexibility index (Phi) is 6.59. The molecule has 1 saturated heterocycles. The Morgan fingerprint density at radius 2 is 1.77 bits per heavy atom. The van der Waals surface area contributed by atoms with Crippen molar-refractivity contribution in [3.8, 4) is 11.5 Å². The quantitative estimate of drug-likeness (QED) is 0.649. The molecule has 1 aliphatic carbocycles. The molecule has 30 heavy (non-hydrogen) atoms. The minimum atomic E-state index is -0.316. The Balaban J connectivity index is 1.28. The van der Waals surface area contributed by atoms with Crippen LogP contribution in [0.15, 0.2) is 54.6 Å². The molecule has 2 amide bonds. The third-order valence-corrected chi connectivity index (χ3v) is 6.70. The Hall–Kier alpha value is -2.51. The van der Waals surface area contributed by atoms with Crippen LogP contribution in [0, 0.1) is 5.92 Å². The van der Waals surface area contributed by atoms with Crippen molar-refractivity contribution in [2.75, 3.05) is 5.32 Å². The summed E-state index contributed by atoms with van der Waals surface area (Å²) in [6.45, 7) is 1.85. The molecule has 1 saturated carbocycles. The van der Waals surface area contributed by atoms with Crippen LogP contribution in [0.25, 0.3) is 0 Å². The van der Waals surface area contributed by atoms with Crippen molar-refractivity contribution >= 4 is 29.3 Å². The van der Waals surface area contributed by atoms with Gasteiger partial charge in [-0.05, 0) is 56.2 Å². The lowest BCUT2D eigenvalue weighted by molar-refractivity contribution is -0.129. The topological polar surface area (TPSA) is 79.5 Å². The lowest BCUT2D eigenvalue weighted by Gasteiger charge is -2.40. The summed E-state index contributed by atoms with van der Waals surface area (Å²) < 4.78 is 5.77. The smallest absolute Gasteiger partial charge is 0.237 e. The van der Waals surface area contributed by atoms with Gasteiger partial charge < -0.3 is 15.4 Å². The second-order valence-corrected chi connectivity index (χ2v) is 9.21. The van der Waals surface area contributed by atoms with Gasteiger partial charge in [-0.25, -0.2) is 0 Å². The summed E-state index contributed by atoms with van der Waals surface area (Å²) in [5, 5.41) is 9.13. The molecule has 4 rings (SSSR count). The molecule has 0 aromatic heterocycles. The summed E-state index contributed by atoms with van der Waals surface area (Å²) in [7, 11) is 0. The number of anilines is 1. The maximum atomic E-state index is 12.6. The van der Waals surface area contributed by atoms with Gasteiger partial charge in [-0.15, -0.1) is 11.8 Å². The number of benzene rings is 2. The molecule has 1 aliphatic heterocycles. The number of ether oxygens (including phenoxy) is 1. The van der Waals surface area contributed by atoms with Crippen molar-refractivity contribution in [3.63, 3.8) is 0 Å². The molecule has 2 aliphatic rings. The van der Waals surface area contributed by atoms with Crippen molar-refractivity contribution in [2.24, 2.45) is 5.92 Å². The fraction of sp³-hybridized carbons (Fsp3) is 0.391. The van der Waals surface area contributed by atoms with Gasteiger partial charge in [0.15, 0.2) is 0 Å². The number of fused-ring (bicyclic) bond motifs is 1. The molecule has 7 heteroatoms. The van der Waals surface area contributed by atoms with E-state index in [9.17, 15) is 9.59 Å². The summed E-state index contributed by atoms with van der Waals surface area (Å²) in [5.41, 5.74) is 0.472. The van der Waals surface area contributed by atoms with Crippen LogP contribution in [-0.4, -0.2) is 28.6 Å². The highest BCUT2D eigenvalue weighted by atomic mass is 32.2. The molecule has 2 aromatic carbocycles. The van der Waals surface area contributed by atoms with Crippen LogP contribution >= 0.6 is 11.8 Å². The van der Waals surface area contributed by atoms with Gasteiger partial charge in [0.2, 0.25) is 11.8 Å². The third kappa shape index (κ3) is 5.15. The highest BCUT2D eigenvalue weighted by Gasteiger charge is 2.38. The largest absolute Gasteiger partial charge is 0.457 e. The van der Waals surface area contributed by atoms with Gasteiger partial charge in [-0.3, -0.25) is 14.9 Å². The van der Waals surface area contributed by atoms with E-state index in [2.05, 4.69) is 16.0 Å². The summed E-state index contributed by atoms with van der Waals surface area (Å²) >= 11 is 1.43. The first-order chi connectivity index (χ1) is 14.6. The highest BCUT2D eigenvalue weighted by Crippen LogP contribution is 2.30. The zero-order valence-corrected chi connectivity index (χ0v) is 17.8. The van der Waals surface area contributed by atoms with Crippen molar-refractivity contribution in [1.82, 2.24) is 10.6 Å². The van der Waals surface area contributed by atoms with Crippen LogP contribution in [0.1, 0.15) is 32.6 Å². The molecule has 1 heterocycles. The standard InChI is InChI=1S/C23H27N3O3S/c1-15(30-23-25-20-10-6-5-9-19(20)22(28)26-23)21(27)24-16-11-13-18(14-12-16)29-17-7-3-2-4-8-17/h2-4,7-8,11-15,19-20,23,25H,5-6,9-10H2,1H3,(H,24,27)(H,26,28). The summed E-state index contributed by atoms with van der Waals surface area (Å²) in [6, 6.07) is 17.1.